The highest BCUT2D eigenvalue weighted by molar-refractivity contribution is 7.85. The van der Waals surface area contributed by atoms with E-state index >= 15 is 0 Å². The topological polar surface area (TPSA) is 55.1 Å². The number of nitrogens with one attached hydrogen (secondary N) is 1. The minimum atomic E-state index is -1.03. The smallest absolute Gasteiger partial charge is 0.113 e. The van der Waals surface area contributed by atoms with Crippen LogP contribution in [0.5, 0.6) is 0 Å². The highest BCUT2D eigenvalue weighted by atomic mass is 32.2. The number of hydrogen-bond acceptors (Lipinski definition) is 2. The maximum absolute atomic E-state index is 10.7. The predicted molar refractivity (Wildman–Crippen MR) is 48.5 cm³/mol. The van der Waals surface area contributed by atoms with Gasteiger partial charge in [-0.15, -0.1) is 0 Å². The fraction of sp³-hybridized carbons (Fsp3) is 0.143. The van der Waals surface area contributed by atoms with Gasteiger partial charge in [0.1, 0.15) is 11.0 Å². The molecule has 0 aromatic heterocycles. The van der Waals surface area contributed by atoms with Crippen molar-refractivity contribution in [3.05, 3.63) is 24.3 Å². The first kappa shape index (κ1) is 8.07. The Bertz CT molecular complexity index is 275. The van der Waals surface area contributed by atoms with Crippen molar-refractivity contribution in [2.24, 2.45) is 0 Å². The van der Waals surface area contributed by atoms with Crippen LogP contribution in [0.15, 0.2) is 24.3 Å². The molecule has 0 bridgehead atoms. The Morgan fingerprint density at radius 1 is 1.55 bits per heavy atom. The van der Waals surface area contributed by atoms with Crippen molar-refractivity contribution in [2.45, 2.75) is 0 Å². The molecule has 3 N–H and O–H groups in total. The Morgan fingerprint density at radius 2 is 2.27 bits per heavy atom. The van der Waals surface area contributed by atoms with Crippen molar-refractivity contribution in [3.63, 3.8) is 0 Å². The van der Waals surface area contributed by atoms with Gasteiger partial charge < -0.3 is 10.5 Å². The largest absolute Gasteiger partial charge is 0.399 e. The normalized spacial score (nSPS) is 12.5. The Labute approximate surface area is 68.2 Å². The fourth-order valence-corrected chi connectivity index (χ4v) is 1.23. The molecule has 4 heteroatoms. The molecule has 1 aromatic carbocycles. The van der Waals surface area contributed by atoms with Crippen molar-refractivity contribution in [1.82, 2.24) is 0 Å². The molecule has 0 aliphatic rings. The number of rotatable bonds is 2. The number of nitrogen functional groups attached to an aromatic ring is 1. The summed E-state index contributed by atoms with van der Waals surface area (Å²) in [7, 11) is -1.03. The lowest BCUT2D eigenvalue weighted by Gasteiger charge is -2.01. The van der Waals surface area contributed by atoms with Crippen molar-refractivity contribution < 1.29 is 4.21 Å². The molecule has 0 aliphatic heterocycles. The van der Waals surface area contributed by atoms with Crippen molar-refractivity contribution in [3.8, 4) is 0 Å². The van der Waals surface area contributed by atoms with Crippen molar-refractivity contribution in [1.29, 1.82) is 0 Å². The number of benzene rings is 1. The zero-order valence-corrected chi connectivity index (χ0v) is 7.02. The van der Waals surface area contributed by atoms with E-state index in [2.05, 4.69) is 4.72 Å². The first-order valence-electron chi connectivity index (χ1n) is 3.14. The van der Waals surface area contributed by atoms with Crippen LogP contribution in [0.2, 0.25) is 0 Å². The molecule has 0 fully saturated rings. The second-order valence-corrected chi connectivity index (χ2v) is 3.29. The van der Waals surface area contributed by atoms with Crippen LogP contribution in [0.3, 0.4) is 0 Å². The summed E-state index contributed by atoms with van der Waals surface area (Å²) in [5, 5.41) is 0. The van der Waals surface area contributed by atoms with Crippen molar-refractivity contribution in [2.75, 3.05) is 16.7 Å². The Hall–Kier alpha value is -1.03. The summed E-state index contributed by atoms with van der Waals surface area (Å²) in [6, 6.07) is 7.15. The molecule has 3 nitrogen and oxygen atoms in total. The lowest BCUT2D eigenvalue weighted by Crippen LogP contribution is -2.01. The quantitative estimate of drug-likeness (QED) is 0.650. The van der Waals surface area contributed by atoms with Crippen LogP contribution in [0.1, 0.15) is 0 Å². The molecule has 1 atom stereocenters. The van der Waals surface area contributed by atoms with Crippen LogP contribution in [-0.2, 0) is 11.0 Å². The summed E-state index contributed by atoms with van der Waals surface area (Å²) in [6.45, 7) is 0. The second-order valence-electron chi connectivity index (χ2n) is 2.18. The molecule has 60 valence electrons. The van der Waals surface area contributed by atoms with Crippen LogP contribution < -0.4 is 10.5 Å². The Balaban J connectivity index is 2.79. The van der Waals surface area contributed by atoms with E-state index in [1.165, 1.54) is 0 Å². The first-order chi connectivity index (χ1) is 5.18. The minimum Gasteiger partial charge on any atom is -0.399 e. The molecule has 0 unspecified atom stereocenters. The van der Waals surface area contributed by atoms with E-state index in [-0.39, 0.29) is 0 Å². The van der Waals surface area contributed by atoms with E-state index in [1.807, 2.05) is 12.1 Å². The number of hydrogen-bond donors (Lipinski definition) is 2. The zero-order chi connectivity index (χ0) is 8.27. The van der Waals surface area contributed by atoms with E-state index in [1.54, 1.807) is 18.4 Å². The third-order valence-corrected chi connectivity index (χ3v) is 1.67. The monoisotopic (exact) mass is 170 g/mol. The molecule has 0 aliphatic carbocycles. The summed E-state index contributed by atoms with van der Waals surface area (Å²) in [5.74, 6) is 0. The minimum absolute atomic E-state index is 0.667. The van der Waals surface area contributed by atoms with Gasteiger partial charge in [0.15, 0.2) is 0 Å². The molecular weight excluding hydrogens is 160 g/mol. The van der Waals surface area contributed by atoms with Gasteiger partial charge in [0.25, 0.3) is 0 Å². The lowest BCUT2D eigenvalue weighted by molar-refractivity contribution is 0.690. The maximum Gasteiger partial charge on any atom is 0.113 e. The molecule has 1 aromatic rings. The average Bonchev–Trinajstić information content (AvgIpc) is 1.85. The van der Waals surface area contributed by atoms with Crippen molar-refractivity contribution >= 4 is 22.4 Å². The van der Waals surface area contributed by atoms with Crippen LogP contribution in [-0.4, -0.2) is 10.5 Å². The second kappa shape index (κ2) is 3.39. The summed E-state index contributed by atoms with van der Waals surface area (Å²) in [5.41, 5.74) is 6.95. The number of anilines is 2. The van der Waals surface area contributed by atoms with E-state index in [9.17, 15) is 4.21 Å². The van der Waals surface area contributed by atoms with E-state index in [4.69, 9.17) is 5.73 Å². The molecule has 0 heterocycles. The summed E-state index contributed by atoms with van der Waals surface area (Å²) in [4.78, 5) is 0. The first-order valence-corrected chi connectivity index (χ1v) is 4.70. The maximum atomic E-state index is 10.7. The predicted octanol–water partition coefficient (Wildman–Crippen LogP) is 0.974. The molecule has 0 spiro atoms. The molecular formula is C7H10N2OS. The average molecular weight is 170 g/mol. The van der Waals surface area contributed by atoms with Gasteiger partial charge in [-0.1, -0.05) is 6.07 Å². The SMILES string of the molecule is C[S@](=O)Nc1cccc(N)c1. The van der Waals surface area contributed by atoms with E-state index in [0.29, 0.717) is 5.69 Å². The van der Waals surface area contributed by atoms with Crippen LogP contribution in [0, 0.1) is 0 Å². The molecule has 1 rings (SSSR count). The molecule has 0 saturated carbocycles. The van der Waals surface area contributed by atoms with Crippen LogP contribution in [0.4, 0.5) is 11.4 Å². The number of nitrogens with two attached hydrogens (primary N) is 1. The summed E-state index contributed by atoms with van der Waals surface area (Å²) in [6.07, 6.45) is 1.57. The van der Waals surface area contributed by atoms with Gasteiger partial charge >= 0.3 is 0 Å². The van der Waals surface area contributed by atoms with Gasteiger partial charge in [0.05, 0.1) is 0 Å². The Morgan fingerprint density at radius 3 is 2.82 bits per heavy atom. The third-order valence-electron chi connectivity index (χ3n) is 1.15. The Kier molecular flexibility index (Phi) is 2.48. The van der Waals surface area contributed by atoms with Crippen LogP contribution >= 0.6 is 0 Å². The zero-order valence-electron chi connectivity index (χ0n) is 6.20. The van der Waals surface area contributed by atoms with Gasteiger partial charge in [-0.2, -0.15) is 0 Å². The summed E-state index contributed by atoms with van der Waals surface area (Å²) >= 11 is 0. The third kappa shape index (κ3) is 2.59. The van der Waals surface area contributed by atoms with Gasteiger partial charge in [0, 0.05) is 17.6 Å². The van der Waals surface area contributed by atoms with Gasteiger partial charge in [-0.3, -0.25) is 0 Å². The highest BCUT2D eigenvalue weighted by Gasteiger charge is 1.92. The van der Waals surface area contributed by atoms with E-state index < -0.39 is 11.0 Å². The van der Waals surface area contributed by atoms with Gasteiger partial charge in [-0.25, -0.2) is 4.21 Å². The lowest BCUT2D eigenvalue weighted by atomic mass is 10.3. The van der Waals surface area contributed by atoms with Gasteiger partial charge in [-0.05, 0) is 18.2 Å². The fourth-order valence-electron chi connectivity index (χ4n) is 0.768. The summed E-state index contributed by atoms with van der Waals surface area (Å²) < 4.78 is 13.4. The van der Waals surface area contributed by atoms with E-state index in [0.717, 1.165) is 5.69 Å². The molecule has 11 heavy (non-hydrogen) atoms. The molecule has 0 radical (unpaired) electrons. The van der Waals surface area contributed by atoms with Crippen LogP contribution in [0.25, 0.3) is 0 Å². The highest BCUT2D eigenvalue weighted by Crippen LogP contribution is 2.11. The molecule has 0 amide bonds. The standard InChI is InChI=1S/C7H10N2OS/c1-11(10)9-7-4-2-3-6(8)5-7/h2-5,9H,8H2,1H3/t11-/m0/s1. The van der Waals surface area contributed by atoms with Gasteiger partial charge in [0.2, 0.25) is 0 Å². The molecule has 0 saturated heterocycles.